The molecule has 0 unspecified atom stereocenters. The quantitative estimate of drug-likeness (QED) is 0.676. The van der Waals surface area contributed by atoms with Crippen molar-refractivity contribution in [1.29, 1.82) is 0 Å². The zero-order valence-corrected chi connectivity index (χ0v) is 10.2. The summed E-state index contributed by atoms with van der Waals surface area (Å²) < 4.78 is 0. The molecule has 0 radical (unpaired) electrons. The maximum atomic E-state index is 12.3. The maximum absolute atomic E-state index is 12.3. The number of hydrogen-bond acceptors (Lipinski definition) is 1. The van der Waals surface area contributed by atoms with Gasteiger partial charge >= 0.3 is 0 Å². The van der Waals surface area contributed by atoms with E-state index < -0.39 is 0 Å². The largest absolute Gasteiger partial charge is 0.331 e. The van der Waals surface area contributed by atoms with Gasteiger partial charge in [-0.05, 0) is 24.5 Å². The van der Waals surface area contributed by atoms with Crippen molar-refractivity contribution in [2.75, 3.05) is 0 Å². The van der Waals surface area contributed by atoms with Crippen LogP contribution in [-0.2, 0) is 6.54 Å². The SMILES string of the molecule is O=C1c2ccccc2CN1C1CCCCCC1. The van der Waals surface area contributed by atoms with Crippen LogP contribution in [0.15, 0.2) is 24.3 Å². The number of benzene rings is 1. The molecule has 1 amide bonds. The van der Waals surface area contributed by atoms with Crippen LogP contribution in [-0.4, -0.2) is 16.8 Å². The minimum Gasteiger partial charge on any atom is -0.331 e. The monoisotopic (exact) mass is 229 g/mol. The summed E-state index contributed by atoms with van der Waals surface area (Å²) in [5.41, 5.74) is 2.14. The molecule has 0 bridgehead atoms. The minimum absolute atomic E-state index is 0.257. The average Bonchev–Trinajstić information content (AvgIpc) is 2.57. The summed E-state index contributed by atoms with van der Waals surface area (Å²) in [5.74, 6) is 0.257. The van der Waals surface area contributed by atoms with Crippen LogP contribution in [0.1, 0.15) is 54.4 Å². The van der Waals surface area contributed by atoms with Crippen molar-refractivity contribution < 1.29 is 4.79 Å². The molecule has 1 aliphatic carbocycles. The highest BCUT2D eigenvalue weighted by molar-refractivity contribution is 5.98. The van der Waals surface area contributed by atoms with Crippen molar-refractivity contribution >= 4 is 5.91 Å². The van der Waals surface area contributed by atoms with Crippen molar-refractivity contribution in [2.24, 2.45) is 0 Å². The molecule has 1 heterocycles. The van der Waals surface area contributed by atoms with Gasteiger partial charge in [-0.1, -0.05) is 43.9 Å². The molecule has 17 heavy (non-hydrogen) atoms. The fourth-order valence-electron chi connectivity index (χ4n) is 3.14. The van der Waals surface area contributed by atoms with Crippen molar-refractivity contribution in [3.8, 4) is 0 Å². The van der Waals surface area contributed by atoms with Crippen LogP contribution in [0.25, 0.3) is 0 Å². The number of nitrogens with zero attached hydrogens (tertiary/aromatic N) is 1. The number of fused-ring (bicyclic) bond motifs is 1. The second kappa shape index (κ2) is 4.52. The van der Waals surface area contributed by atoms with Crippen LogP contribution in [0.2, 0.25) is 0 Å². The number of rotatable bonds is 1. The Hall–Kier alpha value is -1.31. The molecule has 90 valence electrons. The Labute approximate surface area is 103 Å². The number of carbonyl (C=O) groups is 1. The molecule has 2 heteroatoms. The maximum Gasteiger partial charge on any atom is 0.254 e. The van der Waals surface area contributed by atoms with Gasteiger partial charge in [0.15, 0.2) is 0 Å². The summed E-state index contributed by atoms with van der Waals surface area (Å²) in [4.78, 5) is 14.4. The molecule has 1 aliphatic heterocycles. The highest BCUT2D eigenvalue weighted by Crippen LogP contribution is 2.30. The van der Waals surface area contributed by atoms with Crippen molar-refractivity contribution in [3.63, 3.8) is 0 Å². The Morgan fingerprint density at radius 1 is 1.00 bits per heavy atom. The van der Waals surface area contributed by atoms with Crippen LogP contribution in [0, 0.1) is 0 Å². The first kappa shape index (κ1) is 10.8. The van der Waals surface area contributed by atoms with Crippen LogP contribution < -0.4 is 0 Å². The van der Waals surface area contributed by atoms with Gasteiger partial charge in [-0.25, -0.2) is 0 Å². The molecule has 0 spiro atoms. The average molecular weight is 229 g/mol. The summed E-state index contributed by atoms with van der Waals surface area (Å²) >= 11 is 0. The van der Waals surface area contributed by atoms with Gasteiger partial charge in [0.2, 0.25) is 0 Å². The predicted molar refractivity (Wildman–Crippen MR) is 67.8 cm³/mol. The minimum atomic E-state index is 0.257. The van der Waals surface area contributed by atoms with Crippen molar-refractivity contribution in [1.82, 2.24) is 4.90 Å². The Morgan fingerprint density at radius 2 is 1.71 bits per heavy atom. The zero-order valence-electron chi connectivity index (χ0n) is 10.2. The van der Waals surface area contributed by atoms with E-state index >= 15 is 0 Å². The number of carbonyl (C=O) groups excluding carboxylic acids is 1. The van der Waals surface area contributed by atoms with Gasteiger partial charge in [-0.15, -0.1) is 0 Å². The first-order valence-electron chi connectivity index (χ1n) is 6.75. The van der Waals surface area contributed by atoms with Crippen LogP contribution >= 0.6 is 0 Å². The standard InChI is InChI=1S/C15H19NO/c17-15-14-10-6-5-7-12(14)11-16(15)13-8-3-1-2-4-9-13/h5-7,10,13H,1-4,8-9,11H2. The second-order valence-electron chi connectivity index (χ2n) is 5.24. The highest BCUT2D eigenvalue weighted by atomic mass is 16.2. The second-order valence-corrected chi connectivity index (χ2v) is 5.24. The smallest absolute Gasteiger partial charge is 0.254 e. The van der Waals surface area contributed by atoms with Gasteiger partial charge < -0.3 is 4.90 Å². The topological polar surface area (TPSA) is 20.3 Å². The van der Waals surface area contributed by atoms with E-state index in [9.17, 15) is 4.79 Å². The molecule has 3 rings (SSSR count). The summed E-state index contributed by atoms with van der Waals surface area (Å²) in [6, 6.07) is 8.53. The molecule has 0 aromatic heterocycles. The zero-order chi connectivity index (χ0) is 11.7. The third-order valence-corrected chi connectivity index (χ3v) is 4.11. The lowest BCUT2D eigenvalue weighted by Gasteiger charge is -2.26. The van der Waals surface area contributed by atoms with E-state index in [0.29, 0.717) is 6.04 Å². The summed E-state index contributed by atoms with van der Waals surface area (Å²) in [7, 11) is 0. The molecule has 1 aromatic rings. The Balaban J connectivity index is 1.80. The molecule has 0 atom stereocenters. The van der Waals surface area contributed by atoms with E-state index in [2.05, 4.69) is 11.0 Å². The molecule has 1 fully saturated rings. The molecule has 0 saturated heterocycles. The van der Waals surface area contributed by atoms with E-state index in [0.717, 1.165) is 12.1 Å². The first-order chi connectivity index (χ1) is 8.36. The third-order valence-electron chi connectivity index (χ3n) is 4.11. The van der Waals surface area contributed by atoms with E-state index in [1.54, 1.807) is 0 Å². The number of hydrogen-bond donors (Lipinski definition) is 0. The lowest BCUT2D eigenvalue weighted by Crippen LogP contribution is -2.35. The van der Waals surface area contributed by atoms with Crippen LogP contribution in [0.3, 0.4) is 0 Å². The van der Waals surface area contributed by atoms with Gasteiger partial charge in [0.1, 0.15) is 0 Å². The molecule has 0 N–H and O–H groups in total. The van der Waals surface area contributed by atoms with E-state index in [1.165, 1.54) is 44.1 Å². The van der Waals surface area contributed by atoms with E-state index in [-0.39, 0.29) is 5.91 Å². The summed E-state index contributed by atoms with van der Waals surface area (Å²) in [6.45, 7) is 0.833. The summed E-state index contributed by atoms with van der Waals surface area (Å²) in [6.07, 6.45) is 7.63. The van der Waals surface area contributed by atoms with Gasteiger partial charge in [0.25, 0.3) is 5.91 Å². The van der Waals surface area contributed by atoms with Crippen molar-refractivity contribution in [3.05, 3.63) is 35.4 Å². The molecule has 2 aliphatic rings. The normalized spacial score (nSPS) is 21.4. The fraction of sp³-hybridized carbons (Fsp3) is 0.533. The predicted octanol–water partition coefficient (Wildman–Crippen LogP) is 3.37. The number of amides is 1. The Morgan fingerprint density at radius 3 is 2.41 bits per heavy atom. The van der Waals surface area contributed by atoms with Gasteiger partial charge in [0, 0.05) is 18.2 Å². The highest BCUT2D eigenvalue weighted by Gasteiger charge is 2.32. The van der Waals surface area contributed by atoms with Crippen LogP contribution in [0.4, 0.5) is 0 Å². The van der Waals surface area contributed by atoms with Crippen molar-refractivity contribution in [2.45, 2.75) is 51.1 Å². The van der Waals surface area contributed by atoms with Gasteiger partial charge in [0.05, 0.1) is 0 Å². The molecular weight excluding hydrogens is 210 g/mol. The lowest BCUT2D eigenvalue weighted by atomic mass is 10.1. The van der Waals surface area contributed by atoms with Gasteiger partial charge in [-0.3, -0.25) is 4.79 Å². The first-order valence-corrected chi connectivity index (χ1v) is 6.75. The molecular formula is C15H19NO. The molecule has 1 saturated carbocycles. The van der Waals surface area contributed by atoms with Gasteiger partial charge in [-0.2, -0.15) is 0 Å². The third kappa shape index (κ3) is 1.97. The van der Waals surface area contributed by atoms with E-state index in [4.69, 9.17) is 0 Å². The fourth-order valence-corrected chi connectivity index (χ4v) is 3.14. The lowest BCUT2D eigenvalue weighted by molar-refractivity contribution is 0.0686. The summed E-state index contributed by atoms with van der Waals surface area (Å²) in [5, 5.41) is 0. The van der Waals surface area contributed by atoms with E-state index in [1.807, 2.05) is 18.2 Å². The Bertz CT molecular complexity index is 419. The molecule has 2 nitrogen and oxygen atoms in total. The van der Waals surface area contributed by atoms with Crippen LogP contribution in [0.5, 0.6) is 0 Å². The Kier molecular flexibility index (Phi) is 2.87. The molecule has 1 aromatic carbocycles.